The van der Waals surface area contributed by atoms with Gasteiger partial charge in [0.25, 0.3) is 0 Å². The third kappa shape index (κ3) is 4.92. The number of hydrogen-bond donors (Lipinski definition) is 1. The highest BCUT2D eigenvalue weighted by Gasteiger charge is 2.40. The van der Waals surface area contributed by atoms with Gasteiger partial charge in [-0.05, 0) is 43.0 Å². The summed E-state index contributed by atoms with van der Waals surface area (Å²) in [6.45, 7) is 6.79. The van der Waals surface area contributed by atoms with Crippen LogP contribution >= 0.6 is 10.5 Å². The van der Waals surface area contributed by atoms with Crippen LogP contribution in [0.1, 0.15) is 71.3 Å². The van der Waals surface area contributed by atoms with Crippen LogP contribution < -0.4 is 4.90 Å². The van der Waals surface area contributed by atoms with E-state index in [2.05, 4.69) is 63.3 Å². The van der Waals surface area contributed by atoms with E-state index in [9.17, 15) is 5.11 Å². The second-order valence-electron chi connectivity index (χ2n) is 8.12. The summed E-state index contributed by atoms with van der Waals surface area (Å²) < 4.78 is 0. The van der Waals surface area contributed by atoms with Crippen molar-refractivity contribution in [1.82, 2.24) is 0 Å². The number of anilines is 1. The Balaban J connectivity index is 2.48. The molecule has 2 rings (SSSR count). The van der Waals surface area contributed by atoms with E-state index in [0.29, 0.717) is 0 Å². The quantitative estimate of drug-likeness (QED) is 0.572. The van der Waals surface area contributed by atoms with Crippen LogP contribution in [0.15, 0.2) is 23.1 Å². The zero-order valence-corrected chi connectivity index (χ0v) is 18.4. The molecule has 0 saturated carbocycles. The van der Waals surface area contributed by atoms with Crippen LogP contribution in [-0.2, 0) is 6.42 Å². The zero-order valence-electron chi connectivity index (χ0n) is 17.6. The van der Waals surface area contributed by atoms with Crippen molar-refractivity contribution < 1.29 is 5.11 Å². The van der Waals surface area contributed by atoms with Gasteiger partial charge in [-0.1, -0.05) is 51.8 Å². The predicted molar refractivity (Wildman–Crippen MR) is 119 cm³/mol. The van der Waals surface area contributed by atoms with Gasteiger partial charge in [0, 0.05) is 42.3 Å². The first-order valence-electron chi connectivity index (χ1n) is 10.5. The monoisotopic (exact) mass is 377 g/mol. The Kier molecular flexibility index (Phi) is 8.22. The number of unbranched alkanes of at least 4 members (excludes halogenated alkanes) is 2. The molecule has 0 bridgehead atoms. The third-order valence-electron chi connectivity index (χ3n) is 5.83. The van der Waals surface area contributed by atoms with Crippen molar-refractivity contribution in [2.45, 2.75) is 83.1 Å². The number of aliphatic hydroxyl groups excluding tert-OH is 1. The fourth-order valence-electron chi connectivity index (χ4n) is 4.18. The van der Waals surface area contributed by atoms with Crippen LogP contribution in [0.2, 0.25) is 0 Å². The van der Waals surface area contributed by atoms with Crippen molar-refractivity contribution in [2.75, 3.05) is 24.7 Å². The summed E-state index contributed by atoms with van der Waals surface area (Å²) in [5.41, 5.74) is 2.69. The van der Waals surface area contributed by atoms with E-state index in [1.165, 1.54) is 54.7 Å². The smallest absolute Gasteiger partial charge is 0.0644 e. The van der Waals surface area contributed by atoms with Gasteiger partial charge in [0.1, 0.15) is 0 Å². The van der Waals surface area contributed by atoms with Gasteiger partial charge in [0.15, 0.2) is 0 Å². The highest BCUT2D eigenvalue weighted by atomic mass is 32.2. The Hall–Kier alpha value is -0.800. The van der Waals surface area contributed by atoms with Gasteiger partial charge in [-0.2, -0.15) is 10.5 Å². The van der Waals surface area contributed by atoms with Gasteiger partial charge in [-0.25, -0.2) is 0 Å². The van der Waals surface area contributed by atoms with Crippen molar-refractivity contribution in [3.8, 4) is 0 Å². The standard InChI is InChI=1S/C23H39NOS/c1-6-9-13-23(14-10-7-2)18-26(15-8-3)21-12-11-20(24(4)5)16-19(21)17-22(23)25/h11-12,15-16,22,25H,6-10,13-14,17-18H2,1-5H3. The molecule has 0 aliphatic carbocycles. The lowest BCUT2D eigenvalue weighted by atomic mass is 9.73. The molecule has 0 spiro atoms. The molecule has 0 fully saturated rings. The first-order valence-corrected chi connectivity index (χ1v) is 11.9. The van der Waals surface area contributed by atoms with E-state index in [4.69, 9.17) is 0 Å². The summed E-state index contributed by atoms with van der Waals surface area (Å²) in [6.07, 6.45) is 8.90. The van der Waals surface area contributed by atoms with Crippen LogP contribution in [0.3, 0.4) is 0 Å². The fraction of sp³-hybridized carbons (Fsp3) is 0.696. The third-order valence-corrected chi connectivity index (χ3v) is 8.42. The summed E-state index contributed by atoms with van der Waals surface area (Å²) in [7, 11) is 4.33. The molecule has 1 N–H and O–H groups in total. The molecule has 148 valence electrons. The van der Waals surface area contributed by atoms with Gasteiger partial charge in [-0.15, -0.1) is 0 Å². The molecular weight excluding hydrogens is 338 g/mol. The lowest BCUT2D eigenvalue weighted by Gasteiger charge is -2.38. The van der Waals surface area contributed by atoms with Gasteiger partial charge in [-0.3, -0.25) is 0 Å². The maximum absolute atomic E-state index is 11.4. The first kappa shape index (κ1) is 21.5. The maximum Gasteiger partial charge on any atom is 0.0644 e. The number of aliphatic hydroxyl groups is 1. The van der Waals surface area contributed by atoms with Crippen LogP contribution in [-0.4, -0.2) is 36.4 Å². The van der Waals surface area contributed by atoms with Gasteiger partial charge >= 0.3 is 0 Å². The average molecular weight is 378 g/mol. The van der Waals surface area contributed by atoms with Gasteiger partial charge in [0.05, 0.1) is 6.10 Å². The van der Waals surface area contributed by atoms with E-state index in [-0.39, 0.29) is 22.0 Å². The topological polar surface area (TPSA) is 23.5 Å². The molecule has 26 heavy (non-hydrogen) atoms. The second kappa shape index (κ2) is 9.94. The number of hydrogen-bond acceptors (Lipinski definition) is 2. The normalized spacial score (nSPS) is 22.1. The Labute approximate surface area is 163 Å². The molecule has 1 aliphatic heterocycles. The van der Waals surface area contributed by atoms with Crippen LogP contribution in [0.4, 0.5) is 5.69 Å². The van der Waals surface area contributed by atoms with E-state index >= 15 is 0 Å². The van der Waals surface area contributed by atoms with E-state index in [1.54, 1.807) is 0 Å². The van der Waals surface area contributed by atoms with Crippen molar-refractivity contribution in [3.05, 3.63) is 23.8 Å². The summed E-state index contributed by atoms with van der Waals surface area (Å²) in [6, 6.07) is 6.90. The summed E-state index contributed by atoms with van der Waals surface area (Å²) in [5.74, 6) is 1.14. The molecule has 1 aromatic carbocycles. The van der Waals surface area contributed by atoms with Crippen molar-refractivity contribution in [3.63, 3.8) is 0 Å². The molecule has 3 heteroatoms. The molecule has 0 amide bonds. The SMILES string of the molecule is CC/C=S1/CC(CCCC)(CCCC)C(O)Cc2cc(N(C)C)ccc21. The Morgan fingerprint density at radius 3 is 2.35 bits per heavy atom. The van der Waals surface area contributed by atoms with Crippen molar-refractivity contribution in [1.29, 1.82) is 0 Å². The summed E-state index contributed by atoms with van der Waals surface area (Å²) in [4.78, 5) is 3.65. The summed E-state index contributed by atoms with van der Waals surface area (Å²) in [5, 5.41) is 13.9. The number of nitrogens with zero attached hydrogens (tertiary/aromatic N) is 1. The highest BCUT2D eigenvalue weighted by Crippen LogP contribution is 2.48. The van der Waals surface area contributed by atoms with Crippen LogP contribution in [0, 0.1) is 5.41 Å². The molecule has 2 atom stereocenters. The van der Waals surface area contributed by atoms with Gasteiger partial charge < -0.3 is 10.0 Å². The molecule has 2 nitrogen and oxygen atoms in total. The Bertz CT molecular complexity index is 600. The molecule has 0 radical (unpaired) electrons. The first-order chi connectivity index (χ1) is 12.5. The Morgan fingerprint density at radius 1 is 1.15 bits per heavy atom. The van der Waals surface area contributed by atoms with Crippen molar-refractivity contribution in [2.24, 2.45) is 5.41 Å². The summed E-state index contributed by atoms with van der Waals surface area (Å²) >= 11 is 0. The minimum Gasteiger partial charge on any atom is -0.392 e. The number of fused-ring (bicyclic) bond motifs is 1. The maximum atomic E-state index is 11.4. The van der Waals surface area contributed by atoms with Crippen molar-refractivity contribution >= 4 is 21.5 Å². The molecule has 2 unspecified atom stereocenters. The molecule has 1 aromatic rings. The van der Waals surface area contributed by atoms with Crippen LogP contribution in [0.5, 0.6) is 0 Å². The molecule has 1 heterocycles. The minimum atomic E-state index is -0.223. The number of benzene rings is 1. The molecule has 1 aliphatic rings. The van der Waals surface area contributed by atoms with Crippen LogP contribution in [0.25, 0.3) is 0 Å². The molecule has 0 aromatic heterocycles. The zero-order chi connectivity index (χ0) is 19.2. The largest absolute Gasteiger partial charge is 0.392 e. The fourth-order valence-corrected chi connectivity index (χ4v) is 6.86. The molecular formula is C23H39NOS. The van der Waals surface area contributed by atoms with Gasteiger partial charge in [0.2, 0.25) is 0 Å². The number of rotatable bonds is 8. The lowest BCUT2D eigenvalue weighted by molar-refractivity contribution is 0.0259. The lowest BCUT2D eigenvalue weighted by Crippen LogP contribution is -2.38. The van der Waals surface area contributed by atoms with E-state index in [0.717, 1.165) is 18.6 Å². The van der Waals surface area contributed by atoms with E-state index in [1.807, 2.05) is 0 Å². The highest BCUT2D eigenvalue weighted by molar-refractivity contribution is 8.15. The average Bonchev–Trinajstić information content (AvgIpc) is 2.73. The predicted octanol–water partition coefficient (Wildman–Crippen LogP) is 5.88. The molecule has 0 saturated heterocycles. The second-order valence-corrected chi connectivity index (χ2v) is 10.0. The Morgan fingerprint density at radius 2 is 1.81 bits per heavy atom. The minimum absolute atomic E-state index is 0.0814. The van der Waals surface area contributed by atoms with E-state index < -0.39 is 0 Å².